The smallest absolute Gasteiger partial charge is 0.164 e. The Balaban J connectivity index is 1.09. The van der Waals surface area contributed by atoms with Gasteiger partial charge in [-0.1, -0.05) is 158 Å². The van der Waals surface area contributed by atoms with Crippen LogP contribution in [0, 0.1) is 0 Å². The lowest BCUT2D eigenvalue weighted by Crippen LogP contribution is -2.00. The average Bonchev–Trinajstić information content (AvgIpc) is 3.68. The van der Waals surface area contributed by atoms with Gasteiger partial charge < -0.3 is 4.42 Å². The van der Waals surface area contributed by atoms with Crippen LogP contribution in [0.1, 0.15) is 0 Å². The van der Waals surface area contributed by atoms with E-state index in [9.17, 15) is 0 Å². The Kier molecular flexibility index (Phi) is 7.78. The summed E-state index contributed by atoms with van der Waals surface area (Å²) in [7, 11) is 0. The summed E-state index contributed by atoms with van der Waals surface area (Å²) >= 11 is 0. The maximum absolute atomic E-state index is 6.30. The van der Waals surface area contributed by atoms with Crippen molar-refractivity contribution in [2.45, 2.75) is 0 Å². The molecule has 11 aromatic rings. The number of rotatable bonds is 6. The van der Waals surface area contributed by atoms with Gasteiger partial charge in [-0.05, 0) is 97.4 Å². The lowest BCUT2D eigenvalue weighted by Gasteiger charge is -2.13. The third-order valence-corrected chi connectivity index (χ3v) is 10.9. The first-order valence-corrected chi connectivity index (χ1v) is 19.2. The van der Waals surface area contributed by atoms with E-state index in [0.717, 1.165) is 60.5 Å². The third kappa shape index (κ3) is 5.92. The van der Waals surface area contributed by atoms with Crippen LogP contribution in [-0.2, 0) is 0 Å². The van der Waals surface area contributed by atoms with E-state index in [1.807, 2.05) is 36.4 Å². The second-order valence-corrected chi connectivity index (χ2v) is 14.4. The number of hydrogen-bond donors (Lipinski definition) is 0. The van der Waals surface area contributed by atoms with Crippen LogP contribution in [0.25, 0.3) is 111 Å². The number of aromatic nitrogens is 3. The van der Waals surface area contributed by atoms with Crippen molar-refractivity contribution in [2.24, 2.45) is 0 Å². The van der Waals surface area contributed by atoms with E-state index in [4.69, 9.17) is 19.4 Å². The molecule has 11 rings (SSSR count). The van der Waals surface area contributed by atoms with Crippen molar-refractivity contribution in [1.82, 2.24) is 15.0 Å². The van der Waals surface area contributed by atoms with Crippen LogP contribution in [0.3, 0.4) is 0 Å². The molecule has 0 fully saturated rings. The SMILES string of the molecule is c1ccc(-c2ccc3cc(-c4nc(-c5cccc(-c6cc(-c7ccccc7)cc7ccccc67)c5)nc(-c5cccc6oc7ccccc7c56)n4)ccc3c2)cc1. The van der Waals surface area contributed by atoms with E-state index < -0.39 is 0 Å². The molecule has 0 aliphatic carbocycles. The molecule has 0 atom stereocenters. The van der Waals surface area contributed by atoms with Crippen molar-refractivity contribution in [2.75, 3.05) is 0 Å². The Bertz CT molecular complexity index is 3300. The van der Waals surface area contributed by atoms with E-state index in [-0.39, 0.29) is 0 Å². The molecule has 4 nitrogen and oxygen atoms in total. The quantitative estimate of drug-likeness (QED) is 0.171. The van der Waals surface area contributed by atoms with E-state index in [2.05, 4.69) is 164 Å². The van der Waals surface area contributed by atoms with Crippen molar-refractivity contribution in [3.63, 3.8) is 0 Å². The summed E-state index contributed by atoms with van der Waals surface area (Å²) in [6.45, 7) is 0. The molecule has 57 heavy (non-hydrogen) atoms. The van der Waals surface area contributed by atoms with Crippen LogP contribution in [0.2, 0.25) is 0 Å². The number of nitrogens with zero attached hydrogens (tertiary/aromatic N) is 3. The topological polar surface area (TPSA) is 51.8 Å². The first-order valence-electron chi connectivity index (χ1n) is 19.2. The number of furan rings is 1. The van der Waals surface area contributed by atoms with Gasteiger partial charge >= 0.3 is 0 Å². The van der Waals surface area contributed by atoms with Gasteiger partial charge in [-0.3, -0.25) is 0 Å². The molecular weight excluding hydrogens is 695 g/mol. The number of benzene rings is 9. The van der Waals surface area contributed by atoms with Gasteiger partial charge in [-0.2, -0.15) is 0 Å². The van der Waals surface area contributed by atoms with Crippen LogP contribution in [0.5, 0.6) is 0 Å². The van der Waals surface area contributed by atoms with E-state index in [0.29, 0.717) is 17.5 Å². The molecule has 4 heteroatoms. The normalized spacial score (nSPS) is 11.5. The molecule has 0 aliphatic heterocycles. The molecule has 0 saturated heterocycles. The highest BCUT2D eigenvalue weighted by atomic mass is 16.3. The monoisotopic (exact) mass is 727 g/mol. The number of para-hydroxylation sites is 1. The molecule has 0 saturated carbocycles. The van der Waals surface area contributed by atoms with Crippen LogP contribution >= 0.6 is 0 Å². The second-order valence-electron chi connectivity index (χ2n) is 14.4. The highest BCUT2D eigenvalue weighted by Crippen LogP contribution is 2.39. The summed E-state index contributed by atoms with van der Waals surface area (Å²) < 4.78 is 6.30. The molecular formula is C53H33N3O. The number of fused-ring (bicyclic) bond motifs is 5. The Morgan fingerprint density at radius 3 is 1.61 bits per heavy atom. The zero-order valence-electron chi connectivity index (χ0n) is 30.8. The summed E-state index contributed by atoms with van der Waals surface area (Å²) in [6.07, 6.45) is 0. The van der Waals surface area contributed by atoms with Crippen LogP contribution in [-0.4, -0.2) is 15.0 Å². The summed E-state index contributed by atoms with van der Waals surface area (Å²) in [5.74, 6) is 1.80. The minimum absolute atomic E-state index is 0.591. The van der Waals surface area contributed by atoms with Crippen molar-refractivity contribution in [3.8, 4) is 67.5 Å². The molecule has 0 aliphatic rings. The highest BCUT2D eigenvalue weighted by molar-refractivity contribution is 6.12. The van der Waals surface area contributed by atoms with Crippen molar-refractivity contribution in [1.29, 1.82) is 0 Å². The summed E-state index contributed by atoms with van der Waals surface area (Å²) in [4.78, 5) is 15.7. The zero-order valence-corrected chi connectivity index (χ0v) is 30.8. The third-order valence-electron chi connectivity index (χ3n) is 10.9. The molecule has 0 N–H and O–H groups in total. The molecule has 2 aromatic heterocycles. The minimum atomic E-state index is 0.591. The predicted molar refractivity (Wildman–Crippen MR) is 235 cm³/mol. The maximum atomic E-state index is 6.30. The summed E-state index contributed by atoms with van der Waals surface area (Å²) in [5.41, 5.74) is 11.3. The lowest BCUT2D eigenvalue weighted by atomic mass is 9.92. The van der Waals surface area contributed by atoms with Gasteiger partial charge in [-0.15, -0.1) is 0 Å². The van der Waals surface area contributed by atoms with Crippen molar-refractivity contribution >= 4 is 43.5 Å². The first-order chi connectivity index (χ1) is 28.2. The van der Waals surface area contributed by atoms with E-state index in [1.165, 1.54) is 33.0 Å². The van der Waals surface area contributed by atoms with E-state index in [1.54, 1.807) is 0 Å². The Morgan fingerprint density at radius 1 is 0.281 bits per heavy atom. The predicted octanol–water partition coefficient (Wildman–Crippen LogP) is 14.1. The van der Waals surface area contributed by atoms with Gasteiger partial charge in [0.25, 0.3) is 0 Å². The van der Waals surface area contributed by atoms with Gasteiger partial charge in [0.05, 0.1) is 0 Å². The Hall–Kier alpha value is -7.69. The molecule has 0 bridgehead atoms. The average molecular weight is 728 g/mol. The fourth-order valence-electron chi connectivity index (χ4n) is 8.08. The van der Waals surface area contributed by atoms with Crippen molar-refractivity contribution in [3.05, 3.63) is 200 Å². The molecule has 0 spiro atoms. The van der Waals surface area contributed by atoms with Gasteiger partial charge in [0.1, 0.15) is 11.2 Å². The van der Waals surface area contributed by atoms with Gasteiger partial charge in [0.15, 0.2) is 17.5 Å². The molecule has 9 aromatic carbocycles. The molecule has 0 amide bonds. The maximum Gasteiger partial charge on any atom is 0.164 e. The second kappa shape index (κ2) is 13.6. The van der Waals surface area contributed by atoms with Crippen LogP contribution < -0.4 is 0 Å². The Labute approximate surface area is 329 Å². The van der Waals surface area contributed by atoms with Crippen LogP contribution in [0.15, 0.2) is 205 Å². The van der Waals surface area contributed by atoms with Gasteiger partial charge in [-0.25, -0.2) is 15.0 Å². The molecule has 0 unspecified atom stereocenters. The minimum Gasteiger partial charge on any atom is -0.456 e. The van der Waals surface area contributed by atoms with Gasteiger partial charge in [0.2, 0.25) is 0 Å². The fraction of sp³-hybridized carbons (Fsp3) is 0. The molecule has 2 heterocycles. The fourth-order valence-corrected chi connectivity index (χ4v) is 8.08. The molecule has 266 valence electrons. The first kappa shape index (κ1) is 32.7. The number of hydrogen-bond acceptors (Lipinski definition) is 4. The van der Waals surface area contributed by atoms with Crippen molar-refractivity contribution < 1.29 is 4.42 Å². The highest BCUT2D eigenvalue weighted by Gasteiger charge is 2.19. The van der Waals surface area contributed by atoms with E-state index >= 15 is 0 Å². The Morgan fingerprint density at radius 2 is 0.825 bits per heavy atom. The summed E-state index contributed by atoms with van der Waals surface area (Å²) in [5, 5.41) is 6.67. The zero-order chi connectivity index (χ0) is 37.7. The summed E-state index contributed by atoms with van der Waals surface area (Å²) in [6, 6.07) is 70.1. The lowest BCUT2D eigenvalue weighted by molar-refractivity contribution is 0.669. The van der Waals surface area contributed by atoms with Gasteiger partial charge in [0, 0.05) is 27.5 Å². The standard InChI is InChI=1S/C53H33N3O/c1-3-13-34(14-4-1)36-25-26-38-30-42(28-27-37(38)29-36)52-54-51(55-53(56-52)46-22-12-24-49-50(46)45-21-9-10-23-48(45)57-49)41-19-11-18-40(31-41)47-33-43(35-15-5-2-6-16-35)32-39-17-7-8-20-44(39)47/h1-33H. The largest absolute Gasteiger partial charge is 0.456 e. The molecule has 0 radical (unpaired) electrons. The van der Waals surface area contributed by atoms with Crippen LogP contribution in [0.4, 0.5) is 0 Å².